The summed E-state index contributed by atoms with van der Waals surface area (Å²) in [6, 6.07) is 13.5. The monoisotopic (exact) mass is 348 g/mol. The molecule has 23 heavy (non-hydrogen) atoms. The summed E-state index contributed by atoms with van der Waals surface area (Å²) < 4.78 is 5.41. The van der Waals surface area contributed by atoms with Crippen LogP contribution in [0.1, 0.15) is 26.3 Å². The SMILES string of the molecule is COc1ccc(C(C)(C)C)cc1NC(=S)Nc1ccc(Cl)cc1. The molecule has 2 rings (SSSR count). The standard InChI is InChI=1S/C18H21ClN2OS/c1-18(2,3)12-5-10-16(22-4)15(11-12)21-17(23)20-14-8-6-13(19)7-9-14/h5-11H,1-4H3,(H2,20,21,23). The molecule has 2 N–H and O–H groups in total. The number of ether oxygens (including phenoxy) is 1. The topological polar surface area (TPSA) is 33.3 Å². The van der Waals surface area contributed by atoms with E-state index in [1.165, 1.54) is 5.56 Å². The number of hydrogen-bond donors (Lipinski definition) is 2. The van der Waals surface area contributed by atoms with Gasteiger partial charge in [0.15, 0.2) is 5.11 Å². The summed E-state index contributed by atoms with van der Waals surface area (Å²) in [7, 11) is 1.65. The van der Waals surface area contributed by atoms with Crippen LogP contribution in [0.25, 0.3) is 0 Å². The van der Waals surface area contributed by atoms with Crippen molar-refractivity contribution in [1.82, 2.24) is 0 Å². The lowest BCUT2D eigenvalue weighted by atomic mass is 9.87. The number of benzene rings is 2. The van der Waals surface area contributed by atoms with E-state index in [1.807, 2.05) is 30.3 Å². The predicted molar refractivity (Wildman–Crippen MR) is 103 cm³/mol. The van der Waals surface area contributed by atoms with Gasteiger partial charge in [0, 0.05) is 10.7 Å². The van der Waals surface area contributed by atoms with Crippen LogP contribution in [-0.4, -0.2) is 12.2 Å². The molecule has 0 aliphatic carbocycles. The first-order valence-electron chi connectivity index (χ1n) is 7.31. The van der Waals surface area contributed by atoms with Gasteiger partial charge in [-0.15, -0.1) is 0 Å². The van der Waals surface area contributed by atoms with Gasteiger partial charge in [-0.2, -0.15) is 0 Å². The third kappa shape index (κ3) is 4.85. The van der Waals surface area contributed by atoms with Crippen molar-refractivity contribution >= 4 is 40.3 Å². The van der Waals surface area contributed by atoms with E-state index >= 15 is 0 Å². The van der Waals surface area contributed by atoms with Crippen LogP contribution in [0.3, 0.4) is 0 Å². The van der Waals surface area contributed by atoms with Crippen molar-refractivity contribution in [3.05, 3.63) is 53.1 Å². The zero-order valence-corrected chi connectivity index (χ0v) is 15.3. The molecule has 0 saturated heterocycles. The number of thiocarbonyl (C=S) groups is 1. The van der Waals surface area contributed by atoms with Crippen LogP contribution in [0.2, 0.25) is 5.02 Å². The molecule has 0 aromatic heterocycles. The summed E-state index contributed by atoms with van der Waals surface area (Å²) >= 11 is 11.3. The van der Waals surface area contributed by atoms with E-state index in [2.05, 4.69) is 43.5 Å². The minimum atomic E-state index is 0.0495. The van der Waals surface area contributed by atoms with Gasteiger partial charge in [-0.05, 0) is 59.6 Å². The van der Waals surface area contributed by atoms with Crippen molar-refractivity contribution in [2.45, 2.75) is 26.2 Å². The molecule has 0 atom stereocenters. The molecule has 0 fully saturated rings. The van der Waals surface area contributed by atoms with Gasteiger partial charge in [-0.3, -0.25) is 0 Å². The van der Waals surface area contributed by atoms with Gasteiger partial charge in [0.1, 0.15) is 5.75 Å². The summed E-state index contributed by atoms with van der Waals surface area (Å²) in [5.41, 5.74) is 2.97. The Balaban J connectivity index is 2.17. The Kier molecular flexibility index (Phi) is 5.50. The quantitative estimate of drug-likeness (QED) is 0.722. The minimum Gasteiger partial charge on any atom is -0.495 e. The second-order valence-corrected chi connectivity index (χ2v) is 7.10. The normalized spacial score (nSPS) is 11.0. The van der Waals surface area contributed by atoms with Crippen molar-refractivity contribution in [2.24, 2.45) is 0 Å². The molecule has 0 aliphatic rings. The van der Waals surface area contributed by atoms with Crippen molar-refractivity contribution in [1.29, 1.82) is 0 Å². The first-order chi connectivity index (χ1) is 10.8. The van der Waals surface area contributed by atoms with Crippen molar-refractivity contribution in [2.75, 3.05) is 17.7 Å². The maximum atomic E-state index is 5.88. The summed E-state index contributed by atoms with van der Waals surface area (Å²) in [6.45, 7) is 6.51. The summed E-state index contributed by atoms with van der Waals surface area (Å²) in [5.74, 6) is 0.748. The fourth-order valence-electron chi connectivity index (χ4n) is 2.09. The van der Waals surface area contributed by atoms with Crippen LogP contribution in [0.5, 0.6) is 5.75 Å². The van der Waals surface area contributed by atoms with Crippen molar-refractivity contribution < 1.29 is 4.74 Å². The first kappa shape index (κ1) is 17.6. The number of hydrogen-bond acceptors (Lipinski definition) is 2. The van der Waals surface area contributed by atoms with Crippen LogP contribution >= 0.6 is 23.8 Å². The molecular formula is C18H21ClN2OS. The lowest BCUT2D eigenvalue weighted by Gasteiger charge is -2.22. The molecule has 0 radical (unpaired) electrons. The Hall–Kier alpha value is -1.78. The zero-order chi connectivity index (χ0) is 17.0. The molecule has 5 heteroatoms. The van der Waals surface area contributed by atoms with Gasteiger partial charge in [-0.1, -0.05) is 38.4 Å². The molecule has 122 valence electrons. The summed E-state index contributed by atoms with van der Waals surface area (Å²) in [4.78, 5) is 0. The molecule has 3 nitrogen and oxygen atoms in total. The summed E-state index contributed by atoms with van der Waals surface area (Å²) in [6.07, 6.45) is 0. The lowest BCUT2D eigenvalue weighted by molar-refractivity contribution is 0.416. The summed E-state index contributed by atoms with van der Waals surface area (Å²) in [5, 5.41) is 7.52. The average Bonchev–Trinajstić information content (AvgIpc) is 2.48. The maximum Gasteiger partial charge on any atom is 0.175 e. The Morgan fingerprint density at radius 1 is 1.04 bits per heavy atom. The van der Waals surface area contributed by atoms with E-state index < -0.39 is 0 Å². The molecule has 0 amide bonds. The van der Waals surface area contributed by atoms with Gasteiger partial charge < -0.3 is 15.4 Å². The lowest BCUT2D eigenvalue weighted by Crippen LogP contribution is -2.20. The third-order valence-corrected chi connectivity index (χ3v) is 3.87. The molecule has 0 bridgehead atoms. The fraction of sp³-hybridized carbons (Fsp3) is 0.278. The van der Waals surface area contributed by atoms with E-state index in [0.29, 0.717) is 10.1 Å². The van der Waals surface area contributed by atoms with Crippen LogP contribution in [0, 0.1) is 0 Å². The van der Waals surface area contributed by atoms with Gasteiger partial charge in [0.25, 0.3) is 0 Å². The molecule has 0 spiro atoms. The second kappa shape index (κ2) is 7.20. The molecule has 0 aliphatic heterocycles. The highest BCUT2D eigenvalue weighted by molar-refractivity contribution is 7.80. The molecular weight excluding hydrogens is 328 g/mol. The Bertz CT molecular complexity index is 693. The highest BCUT2D eigenvalue weighted by Crippen LogP contribution is 2.31. The number of rotatable bonds is 3. The number of halogens is 1. The number of nitrogens with one attached hydrogen (secondary N) is 2. The first-order valence-corrected chi connectivity index (χ1v) is 8.10. The van der Waals surface area contributed by atoms with Gasteiger partial charge in [0.2, 0.25) is 0 Å². The third-order valence-electron chi connectivity index (χ3n) is 3.42. The Morgan fingerprint density at radius 3 is 2.26 bits per heavy atom. The van der Waals surface area contributed by atoms with Crippen LogP contribution in [0.4, 0.5) is 11.4 Å². The van der Waals surface area contributed by atoms with Crippen LogP contribution < -0.4 is 15.4 Å². The Morgan fingerprint density at radius 2 is 1.70 bits per heavy atom. The van der Waals surface area contributed by atoms with E-state index in [1.54, 1.807) is 7.11 Å². The largest absolute Gasteiger partial charge is 0.495 e. The van der Waals surface area contributed by atoms with E-state index in [9.17, 15) is 0 Å². The van der Waals surface area contributed by atoms with Gasteiger partial charge >= 0.3 is 0 Å². The molecule has 2 aromatic rings. The molecule has 2 aromatic carbocycles. The smallest absolute Gasteiger partial charge is 0.175 e. The average molecular weight is 349 g/mol. The van der Waals surface area contributed by atoms with Crippen LogP contribution in [0.15, 0.2) is 42.5 Å². The fourth-order valence-corrected chi connectivity index (χ4v) is 2.44. The zero-order valence-electron chi connectivity index (χ0n) is 13.7. The minimum absolute atomic E-state index is 0.0495. The maximum absolute atomic E-state index is 5.88. The highest BCUT2D eigenvalue weighted by Gasteiger charge is 2.16. The Labute approximate surface area is 148 Å². The van der Waals surface area contributed by atoms with Crippen LogP contribution in [-0.2, 0) is 5.41 Å². The van der Waals surface area contributed by atoms with E-state index in [4.69, 9.17) is 28.6 Å². The van der Waals surface area contributed by atoms with Crippen molar-refractivity contribution in [3.63, 3.8) is 0 Å². The molecule has 0 saturated carbocycles. The van der Waals surface area contributed by atoms with E-state index in [0.717, 1.165) is 17.1 Å². The van der Waals surface area contributed by atoms with Gasteiger partial charge in [-0.25, -0.2) is 0 Å². The number of anilines is 2. The highest BCUT2D eigenvalue weighted by atomic mass is 35.5. The number of methoxy groups -OCH3 is 1. The molecule has 0 unspecified atom stereocenters. The van der Waals surface area contributed by atoms with Gasteiger partial charge in [0.05, 0.1) is 12.8 Å². The van der Waals surface area contributed by atoms with Crippen molar-refractivity contribution in [3.8, 4) is 5.75 Å². The van der Waals surface area contributed by atoms with E-state index in [-0.39, 0.29) is 5.41 Å². The molecule has 0 heterocycles. The predicted octanol–water partition coefficient (Wildman–Crippen LogP) is 5.46. The second-order valence-electron chi connectivity index (χ2n) is 6.25.